The van der Waals surface area contributed by atoms with Crippen LogP contribution >= 0.6 is 0 Å². The van der Waals surface area contributed by atoms with Gasteiger partial charge in [0.15, 0.2) is 5.78 Å². The summed E-state index contributed by atoms with van der Waals surface area (Å²) >= 11 is 0. The van der Waals surface area contributed by atoms with E-state index >= 15 is 0 Å². The van der Waals surface area contributed by atoms with Crippen molar-refractivity contribution in [3.8, 4) is 0 Å². The molecule has 1 aromatic rings. The number of ketones is 1. The molecule has 0 saturated carbocycles. The predicted octanol–water partition coefficient (Wildman–Crippen LogP) is 0.546. The van der Waals surface area contributed by atoms with Crippen LogP contribution in [0, 0.1) is 0 Å². The van der Waals surface area contributed by atoms with Crippen LogP contribution in [-0.4, -0.2) is 32.7 Å². The maximum absolute atomic E-state index is 10.9. The molecule has 0 radical (unpaired) electrons. The van der Waals surface area contributed by atoms with Gasteiger partial charge in [0.2, 0.25) is 6.04 Å². The molecule has 0 aliphatic heterocycles. The Bertz CT molecular complexity index is 396. The number of carbonyl (C=O) groups is 2. The second-order valence-electron chi connectivity index (χ2n) is 2.94. The van der Waals surface area contributed by atoms with Crippen molar-refractivity contribution in [1.82, 2.24) is 9.78 Å². The van der Waals surface area contributed by atoms with Crippen molar-refractivity contribution in [2.24, 2.45) is 17.3 Å². The van der Waals surface area contributed by atoms with E-state index in [2.05, 4.69) is 15.3 Å². The largest absolute Gasteiger partial charge is 0.479 e. The molecule has 80 valence electrons. The van der Waals surface area contributed by atoms with Crippen LogP contribution in [0.2, 0.25) is 0 Å². The molecule has 7 heteroatoms. The van der Waals surface area contributed by atoms with Crippen LogP contribution in [-0.2, 0) is 16.6 Å². The van der Waals surface area contributed by atoms with Crippen LogP contribution in [0.1, 0.15) is 6.92 Å². The molecule has 1 heterocycles. The minimum absolute atomic E-state index is 0.407. The van der Waals surface area contributed by atoms with Gasteiger partial charge in [0.1, 0.15) is 5.69 Å². The first-order valence-corrected chi connectivity index (χ1v) is 4.13. The Kier molecular flexibility index (Phi) is 3.27. The van der Waals surface area contributed by atoms with E-state index in [1.165, 1.54) is 10.9 Å². The normalized spacial score (nSPS) is 12.9. The van der Waals surface area contributed by atoms with Gasteiger partial charge < -0.3 is 5.11 Å². The van der Waals surface area contributed by atoms with Gasteiger partial charge in [0.25, 0.3) is 0 Å². The maximum Gasteiger partial charge on any atom is 0.338 e. The third-order valence-corrected chi connectivity index (χ3v) is 1.60. The highest BCUT2D eigenvalue weighted by Crippen LogP contribution is 2.10. The van der Waals surface area contributed by atoms with E-state index in [1.807, 2.05) is 0 Å². The van der Waals surface area contributed by atoms with Gasteiger partial charge in [-0.3, -0.25) is 9.48 Å². The number of carboxylic acids is 1. The lowest BCUT2D eigenvalue weighted by molar-refractivity contribution is -0.141. The zero-order valence-corrected chi connectivity index (χ0v) is 8.28. The number of rotatable bonds is 4. The van der Waals surface area contributed by atoms with Gasteiger partial charge in [-0.25, -0.2) is 4.79 Å². The minimum atomic E-state index is -1.44. The molecule has 1 rings (SSSR count). The van der Waals surface area contributed by atoms with Crippen molar-refractivity contribution in [2.45, 2.75) is 13.0 Å². The number of carboxylic acid groups (broad SMARTS) is 1. The third kappa shape index (κ3) is 2.97. The van der Waals surface area contributed by atoms with E-state index in [4.69, 9.17) is 5.11 Å². The predicted molar refractivity (Wildman–Crippen MR) is 49.8 cm³/mol. The van der Waals surface area contributed by atoms with Crippen molar-refractivity contribution >= 4 is 17.4 Å². The van der Waals surface area contributed by atoms with Crippen LogP contribution in [0.4, 0.5) is 5.69 Å². The summed E-state index contributed by atoms with van der Waals surface area (Å²) in [5.41, 5.74) is 0.407. The lowest BCUT2D eigenvalue weighted by atomic mass is 10.2. The zero-order chi connectivity index (χ0) is 11.4. The first-order valence-electron chi connectivity index (χ1n) is 4.13. The number of azo groups is 1. The van der Waals surface area contributed by atoms with E-state index < -0.39 is 17.8 Å². The Hall–Kier alpha value is -2.05. The van der Waals surface area contributed by atoms with E-state index in [-0.39, 0.29) is 0 Å². The van der Waals surface area contributed by atoms with Crippen LogP contribution in [0.3, 0.4) is 0 Å². The molecule has 0 aliphatic rings. The second kappa shape index (κ2) is 4.45. The molecule has 0 aliphatic carbocycles. The lowest BCUT2D eigenvalue weighted by Gasteiger charge is -1.98. The summed E-state index contributed by atoms with van der Waals surface area (Å²) in [5.74, 6) is -1.87. The summed E-state index contributed by atoms with van der Waals surface area (Å²) in [5, 5.41) is 19.5. The SMILES string of the molecule is CC(=O)C(/N=N/c1cnn(C)c1)C(=O)O. The summed E-state index contributed by atoms with van der Waals surface area (Å²) in [4.78, 5) is 21.4. The van der Waals surface area contributed by atoms with Gasteiger partial charge in [-0.2, -0.15) is 15.3 Å². The van der Waals surface area contributed by atoms with Gasteiger partial charge >= 0.3 is 5.97 Å². The van der Waals surface area contributed by atoms with Crippen LogP contribution in [0.5, 0.6) is 0 Å². The van der Waals surface area contributed by atoms with Gasteiger partial charge in [-0.1, -0.05) is 0 Å². The Morgan fingerprint density at radius 2 is 2.27 bits per heavy atom. The first kappa shape index (κ1) is 11.0. The van der Waals surface area contributed by atoms with Gasteiger partial charge in [0, 0.05) is 7.05 Å². The molecule has 0 spiro atoms. The Balaban J connectivity index is 2.78. The molecule has 0 amide bonds. The molecule has 1 aromatic heterocycles. The second-order valence-corrected chi connectivity index (χ2v) is 2.94. The topological polar surface area (TPSA) is 96.9 Å². The average molecular weight is 210 g/mol. The average Bonchev–Trinajstić information content (AvgIpc) is 2.50. The van der Waals surface area contributed by atoms with Crippen molar-refractivity contribution in [1.29, 1.82) is 0 Å². The fourth-order valence-corrected chi connectivity index (χ4v) is 0.889. The highest BCUT2D eigenvalue weighted by molar-refractivity contribution is 6.01. The van der Waals surface area contributed by atoms with E-state index in [0.717, 1.165) is 6.92 Å². The molecule has 1 N–H and O–H groups in total. The number of hydrogen-bond donors (Lipinski definition) is 1. The summed E-state index contributed by atoms with van der Waals surface area (Å²) in [6.45, 7) is 1.15. The third-order valence-electron chi connectivity index (χ3n) is 1.60. The Morgan fingerprint density at radius 1 is 1.60 bits per heavy atom. The number of aromatic nitrogens is 2. The van der Waals surface area contributed by atoms with E-state index in [0.29, 0.717) is 5.69 Å². The molecule has 15 heavy (non-hydrogen) atoms. The van der Waals surface area contributed by atoms with Gasteiger partial charge in [-0.15, -0.1) is 0 Å². The smallest absolute Gasteiger partial charge is 0.338 e. The fraction of sp³-hybridized carbons (Fsp3) is 0.375. The van der Waals surface area contributed by atoms with Crippen molar-refractivity contribution in [2.75, 3.05) is 0 Å². The first-order chi connectivity index (χ1) is 7.00. The number of aliphatic carboxylic acids is 1. The summed E-state index contributed by atoms with van der Waals surface area (Å²) in [6.07, 6.45) is 2.98. The lowest BCUT2D eigenvalue weighted by Crippen LogP contribution is -2.25. The van der Waals surface area contributed by atoms with E-state index in [9.17, 15) is 9.59 Å². The maximum atomic E-state index is 10.9. The van der Waals surface area contributed by atoms with Gasteiger partial charge in [-0.05, 0) is 6.92 Å². The minimum Gasteiger partial charge on any atom is -0.479 e. The van der Waals surface area contributed by atoms with Crippen molar-refractivity contribution < 1.29 is 14.7 Å². The van der Waals surface area contributed by atoms with E-state index in [1.54, 1.807) is 13.2 Å². The summed E-state index contributed by atoms with van der Waals surface area (Å²) < 4.78 is 1.50. The number of nitrogens with zero attached hydrogens (tertiary/aromatic N) is 4. The molecular formula is C8H10N4O3. The fourth-order valence-electron chi connectivity index (χ4n) is 0.889. The van der Waals surface area contributed by atoms with Gasteiger partial charge in [0.05, 0.1) is 12.4 Å². The van der Waals surface area contributed by atoms with Crippen molar-refractivity contribution in [3.05, 3.63) is 12.4 Å². The Labute approximate surface area is 85.4 Å². The molecule has 1 unspecified atom stereocenters. The number of Topliss-reactive ketones (excluding diaryl/α,β-unsaturated/α-hetero) is 1. The zero-order valence-electron chi connectivity index (χ0n) is 8.28. The van der Waals surface area contributed by atoms with Crippen LogP contribution in [0.25, 0.3) is 0 Å². The monoisotopic (exact) mass is 210 g/mol. The number of aryl methyl sites for hydroxylation is 1. The number of carbonyl (C=O) groups excluding carboxylic acids is 1. The molecule has 0 saturated heterocycles. The number of hydrogen-bond acceptors (Lipinski definition) is 5. The van der Waals surface area contributed by atoms with Crippen molar-refractivity contribution in [3.63, 3.8) is 0 Å². The molecule has 7 nitrogen and oxygen atoms in total. The highest BCUT2D eigenvalue weighted by Gasteiger charge is 2.21. The quantitative estimate of drug-likeness (QED) is 0.579. The summed E-state index contributed by atoms with van der Waals surface area (Å²) in [6, 6.07) is -1.44. The molecular weight excluding hydrogens is 200 g/mol. The molecule has 0 aromatic carbocycles. The van der Waals surface area contributed by atoms with Crippen LogP contribution in [0.15, 0.2) is 22.6 Å². The highest BCUT2D eigenvalue weighted by atomic mass is 16.4. The standard InChI is InChI=1S/C8H10N4O3/c1-5(13)7(8(14)15)11-10-6-3-9-12(2)4-6/h3-4,7H,1-2H3,(H,14,15)/b11-10+. The molecule has 1 atom stereocenters. The molecule has 0 bridgehead atoms. The summed E-state index contributed by atoms with van der Waals surface area (Å²) in [7, 11) is 1.69. The molecule has 0 fully saturated rings. The Morgan fingerprint density at radius 3 is 2.67 bits per heavy atom. The van der Waals surface area contributed by atoms with Crippen LogP contribution < -0.4 is 0 Å².